The monoisotopic (exact) mass is 344 g/mol. The van der Waals surface area contributed by atoms with Gasteiger partial charge < -0.3 is 15.0 Å². The zero-order chi connectivity index (χ0) is 17.3. The number of carbonyl (C=O) groups is 1. The van der Waals surface area contributed by atoms with Crippen molar-refractivity contribution in [3.05, 3.63) is 34.4 Å². The molecule has 0 saturated carbocycles. The Bertz CT molecular complexity index is 876. The van der Waals surface area contributed by atoms with E-state index in [1.165, 1.54) is 0 Å². The minimum Gasteiger partial charge on any atom is -0.444 e. The summed E-state index contributed by atoms with van der Waals surface area (Å²) in [5.74, 6) is 0. The third-order valence-corrected chi connectivity index (χ3v) is 4.30. The van der Waals surface area contributed by atoms with Gasteiger partial charge in [0, 0.05) is 28.2 Å². The Morgan fingerprint density at radius 2 is 2.21 bits per heavy atom. The van der Waals surface area contributed by atoms with Crippen molar-refractivity contribution in [3.63, 3.8) is 0 Å². The second-order valence-corrected chi connectivity index (χ2v) is 7.76. The lowest BCUT2D eigenvalue weighted by Gasteiger charge is -2.19. The van der Waals surface area contributed by atoms with Gasteiger partial charge in [-0.05, 0) is 39.8 Å². The fourth-order valence-electron chi connectivity index (χ4n) is 2.39. The number of hydrogen-bond donors (Lipinski definition) is 2. The molecule has 0 aliphatic rings. The highest BCUT2D eigenvalue weighted by atomic mass is 32.1. The summed E-state index contributed by atoms with van der Waals surface area (Å²) in [6.45, 7) is 7.88. The molecular weight excluding hydrogens is 324 g/mol. The first kappa shape index (κ1) is 16.4. The molecule has 0 unspecified atom stereocenters. The Morgan fingerprint density at radius 3 is 2.96 bits per heavy atom. The molecule has 126 valence electrons. The number of nitrogens with one attached hydrogen (secondary N) is 2. The average molecular weight is 344 g/mol. The highest BCUT2D eigenvalue weighted by molar-refractivity contribution is 7.12. The molecule has 7 heteroatoms. The molecule has 3 aromatic rings. The minimum atomic E-state index is -0.509. The van der Waals surface area contributed by atoms with Gasteiger partial charge in [-0.2, -0.15) is 0 Å². The first-order valence-electron chi connectivity index (χ1n) is 7.69. The van der Waals surface area contributed by atoms with Crippen molar-refractivity contribution in [1.82, 2.24) is 20.3 Å². The summed E-state index contributed by atoms with van der Waals surface area (Å²) in [5.41, 5.74) is 2.27. The van der Waals surface area contributed by atoms with Crippen LogP contribution in [0.4, 0.5) is 4.79 Å². The summed E-state index contributed by atoms with van der Waals surface area (Å²) in [6.07, 6.45) is 3.24. The number of thiazole rings is 1. The number of amides is 1. The van der Waals surface area contributed by atoms with Crippen LogP contribution in [0.3, 0.4) is 0 Å². The predicted molar refractivity (Wildman–Crippen MR) is 95.0 cm³/mol. The molecule has 0 spiro atoms. The summed E-state index contributed by atoms with van der Waals surface area (Å²) in [7, 11) is 0. The van der Waals surface area contributed by atoms with E-state index in [9.17, 15) is 4.79 Å². The van der Waals surface area contributed by atoms with Crippen LogP contribution in [0.15, 0.2) is 24.5 Å². The van der Waals surface area contributed by atoms with Gasteiger partial charge in [0.15, 0.2) is 0 Å². The van der Waals surface area contributed by atoms with Crippen LogP contribution in [0.5, 0.6) is 0 Å². The van der Waals surface area contributed by atoms with Gasteiger partial charge in [0.05, 0.1) is 12.2 Å². The number of H-pyrrole nitrogens is 1. The zero-order valence-electron chi connectivity index (χ0n) is 14.1. The fourth-order valence-corrected chi connectivity index (χ4v) is 3.28. The molecule has 0 aromatic carbocycles. The van der Waals surface area contributed by atoms with Crippen molar-refractivity contribution < 1.29 is 9.53 Å². The number of aryl methyl sites for hydroxylation is 1. The molecule has 3 aromatic heterocycles. The maximum atomic E-state index is 11.8. The highest BCUT2D eigenvalue weighted by Crippen LogP contribution is 2.32. The van der Waals surface area contributed by atoms with E-state index in [4.69, 9.17) is 4.74 Å². The SMILES string of the molecule is Cc1sc(CNC(=O)OC(C)(C)C)nc1-c1c[nH]c2ncccc12. The number of aromatic nitrogens is 3. The Labute approximate surface area is 144 Å². The van der Waals surface area contributed by atoms with E-state index < -0.39 is 11.7 Å². The number of carbonyl (C=O) groups excluding carboxylic acids is 1. The number of alkyl carbamates (subject to hydrolysis) is 1. The van der Waals surface area contributed by atoms with Gasteiger partial charge in [-0.3, -0.25) is 0 Å². The molecule has 0 radical (unpaired) electrons. The van der Waals surface area contributed by atoms with E-state index in [0.717, 1.165) is 32.2 Å². The summed E-state index contributed by atoms with van der Waals surface area (Å²) in [6, 6.07) is 3.93. The molecule has 0 atom stereocenters. The first-order chi connectivity index (χ1) is 11.3. The Kier molecular flexibility index (Phi) is 4.28. The van der Waals surface area contributed by atoms with Gasteiger partial charge in [-0.1, -0.05) is 0 Å². The molecule has 0 aliphatic carbocycles. The van der Waals surface area contributed by atoms with Crippen molar-refractivity contribution in [3.8, 4) is 11.3 Å². The van der Waals surface area contributed by atoms with Crippen molar-refractivity contribution >= 4 is 28.5 Å². The molecule has 6 nitrogen and oxygen atoms in total. The number of ether oxygens (including phenoxy) is 1. The molecule has 24 heavy (non-hydrogen) atoms. The lowest BCUT2D eigenvalue weighted by atomic mass is 10.1. The number of fused-ring (bicyclic) bond motifs is 1. The lowest BCUT2D eigenvalue weighted by molar-refractivity contribution is 0.0523. The summed E-state index contributed by atoms with van der Waals surface area (Å²) in [5, 5.41) is 4.62. The van der Waals surface area contributed by atoms with Crippen LogP contribution in [0.1, 0.15) is 30.7 Å². The third kappa shape index (κ3) is 3.56. The van der Waals surface area contributed by atoms with Crippen molar-refractivity contribution in [2.24, 2.45) is 0 Å². The number of pyridine rings is 1. The first-order valence-corrected chi connectivity index (χ1v) is 8.51. The van der Waals surface area contributed by atoms with E-state index in [1.807, 2.05) is 46.0 Å². The standard InChI is InChI=1S/C17H20N4O2S/c1-10-14(12-8-19-15-11(12)6-5-7-18-15)21-13(24-10)9-20-16(22)23-17(2,3)4/h5-8H,9H2,1-4H3,(H,18,19)(H,20,22). The quantitative estimate of drug-likeness (QED) is 0.752. The van der Waals surface area contributed by atoms with Crippen LogP contribution in [-0.4, -0.2) is 26.6 Å². The van der Waals surface area contributed by atoms with Gasteiger partial charge in [0.25, 0.3) is 0 Å². The van der Waals surface area contributed by atoms with Crippen LogP contribution in [0.25, 0.3) is 22.3 Å². The molecule has 3 rings (SSSR count). The van der Waals surface area contributed by atoms with Gasteiger partial charge >= 0.3 is 6.09 Å². The zero-order valence-corrected chi connectivity index (χ0v) is 15.0. The van der Waals surface area contributed by atoms with E-state index in [-0.39, 0.29) is 0 Å². The second-order valence-electron chi connectivity index (χ2n) is 6.47. The van der Waals surface area contributed by atoms with Crippen LogP contribution in [0, 0.1) is 6.92 Å². The highest BCUT2D eigenvalue weighted by Gasteiger charge is 2.18. The number of aromatic amines is 1. The maximum absolute atomic E-state index is 11.8. The van der Waals surface area contributed by atoms with Gasteiger partial charge in [0.1, 0.15) is 16.3 Å². The van der Waals surface area contributed by atoms with Gasteiger partial charge in [-0.25, -0.2) is 14.8 Å². The molecule has 2 N–H and O–H groups in total. The fraction of sp³-hybridized carbons (Fsp3) is 0.353. The summed E-state index contributed by atoms with van der Waals surface area (Å²) in [4.78, 5) is 25.0. The van der Waals surface area contributed by atoms with Crippen molar-refractivity contribution in [1.29, 1.82) is 0 Å². The van der Waals surface area contributed by atoms with Crippen LogP contribution < -0.4 is 5.32 Å². The Balaban J connectivity index is 1.77. The second kappa shape index (κ2) is 6.24. The van der Waals surface area contributed by atoms with E-state index in [2.05, 4.69) is 20.3 Å². The average Bonchev–Trinajstić information content (AvgIpc) is 3.06. The van der Waals surface area contributed by atoms with E-state index >= 15 is 0 Å². The Morgan fingerprint density at radius 1 is 1.42 bits per heavy atom. The Hall–Kier alpha value is -2.41. The van der Waals surface area contributed by atoms with E-state index in [0.29, 0.717) is 6.54 Å². The van der Waals surface area contributed by atoms with Crippen LogP contribution >= 0.6 is 11.3 Å². The topological polar surface area (TPSA) is 79.9 Å². The smallest absolute Gasteiger partial charge is 0.408 e. The van der Waals surface area contributed by atoms with Crippen LogP contribution in [0.2, 0.25) is 0 Å². The van der Waals surface area contributed by atoms with Crippen molar-refractivity contribution in [2.45, 2.75) is 39.8 Å². The van der Waals surface area contributed by atoms with E-state index in [1.54, 1.807) is 17.5 Å². The molecule has 1 amide bonds. The summed E-state index contributed by atoms with van der Waals surface area (Å²) >= 11 is 1.57. The number of nitrogens with zero attached hydrogens (tertiary/aromatic N) is 2. The van der Waals surface area contributed by atoms with Gasteiger partial charge in [-0.15, -0.1) is 11.3 Å². The molecule has 0 aliphatic heterocycles. The molecule has 0 fully saturated rings. The molecule has 3 heterocycles. The number of rotatable bonds is 3. The normalized spacial score (nSPS) is 11.7. The lowest BCUT2D eigenvalue weighted by Crippen LogP contribution is -2.32. The summed E-state index contributed by atoms with van der Waals surface area (Å²) < 4.78 is 5.24. The van der Waals surface area contributed by atoms with Gasteiger partial charge in [0.2, 0.25) is 0 Å². The third-order valence-electron chi connectivity index (χ3n) is 3.33. The molecular formula is C17H20N4O2S. The van der Waals surface area contributed by atoms with Crippen molar-refractivity contribution in [2.75, 3.05) is 0 Å². The number of hydrogen-bond acceptors (Lipinski definition) is 5. The minimum absolute atomic E-state index is 0.348. The largest absolute Gasteiger partial charge is 0.444 e. The molecule has 0 saturated heterocycles. The van der Waals surface area contributed by atoms with Crippen LogP contribution in [-0.2, 0) is 11.3 Å². The predicted octanol–water partition coefficient (Wildman–Crippen LogP) is 4.02. The maximum Gasteiger partial charge on any atom is 0.408 e. The molecule has 0 bridgehead atoms.